The Labute approximate surface area is 120 Å². The van der Waals surface area contributed by atoms with Crippen molar-refractivity contribution < 1.29 is 0 Å². The van der Waals surface area contributed by atoms with Crippen molar-refractivity contribution in [3.63, 3.8) is 0 Å². The SMILES string of the molecule is CN1CCCC(Nc2ccc(Cn3cccn3)cc2)C1. The van der Waals surface area contributed by atoms with E-state index in [2.05, 4.69) is 46.6 Å². The summed E-state index contributed by atoms with van der Waals surface area (Å²) in [4.78, 5) is 2.40. The van der Waals surface area contributed by atoms with Crippen LogP contribution in [0.4, 0.5) is 5.69 Å². The van der Waals surface area contributed by atoms with Crippen LogP contribution in [0, 0.1) is 0 Å². The molecule has 20 heavy (non-hydrogen) atoms. The average molecular weight is 270 g/mol. The van der Waals surface area contributed by atoms with E-state index in [1.807, 2.05) is 23.1 Å². The Balaban J connectivity index is 1.58. The zero-order valence-corrected chi connectivity index (χ0v) is 12.0. The molecule has 4 heteroatoms. The highest BCUT2D eigenvalue weighted by Gasteiger charge is 2.16. The topological polar surface area (TPSA) is 33.1 Å². The minimum Gasteiger partial charge on any atom is -0.381 e. The molecule has 0 spiro atoms. The average Bonchev–Trinajstić information content (AvgIpc) is 2.94. The Morgan fingerprint density at radius 1 is 1.30 bits per heavy atom. The van der Waals surface area contributed by atoms with Gasteiger partial charge in [-0.05, 0) is 50.2 Å². The van der Waals surface area contributed by atoms with Crippen molar-refractivity contribution in [3.8, 4) is 0 Å². The molecule has 0 bridgehead atoms. The zero-order chi connectivity index (χ0) is 13.8. The monoisotopic (exact) mass is 270 g/mol. The van der Waals surface area contributed by atoms with Gasteiger partial charge in [-0.25, -0.2) is 0 Å². The number of likely N-dealkylation sites (N-methyl/N-ethyl adjacent to an activating group) is 1. The molecule has 1 atom stereocenters. The Morgan fingerprint density at radius 3 is 2.85 bits per heavy atom. The van der Waals surface area contributed by atoms with Crippen molar-refractivity contribution in [1.29, 1.82) is 0 Å². The van der Waals surface area contributed by atoms with E-state index < -0.39 is 0 Å². The second-order valence-corrected chi connectivity index (χ2v) is 5.65. The molecule has 1 fully saturated rings. The van der Waals surface area contributed by atoms with Crippen LogP contribution in [0.25, 0.3) is 0 Å². The minimum atomic E-state index is 0.575. The molecule has 0 radical (unpaired) electrons. The Hall–Kier alpha value is -1.81. The number of nitrogens with one attached hydrogen (secondary N) is 1. The fourth-order valence-electron chi connectivity index (χ4n) is 2.81. The van der Waals surface area contributed by atoms with Gasteiger partial charge in [0, 0.05) is 30.7 Å². The predicted octanol–water partition coefficient (Wildman–Crippen LogP) is 2.44. The van der Waals surface area contributed by atoms with E-state index in [0.717, 1.165) is 13.1 Å². The lowest BCUT2D eigenvalue weighted by molar-refractivity contribution is 0.261. The molecule has 1 unspecified atom stereocenters. The standard InChI is InChI=1S/C16H22N4/c1-19-10-2-4-16(13-19)18-15-7-5-14(6-8-15)12-20-11-3-9-17-20/h3,5-9,11,16,18H,2,4,10,12-13H2,1H3. The van der Waals surface area contributed by atoms with Gasteiger partial charge in [0.05, 0.1) is 6.54 Å². The molecule has 1 aromatic heterocycles. The van der Waals surface area contributed by atoms with Crippen LogP contribution in [0.2, 0.25) is 0 Å². The molecule has 1 aromatic carbocycles. The lowest BCUT2D eigenvalue weighted by atomic mass is 10.1. The van der Waals surface area contributed by atoms with Crippen molar-refractivity contribution in [2.75, 3.05) is 25.5 Å². The first-order chi connectivity index (χ1) is 9.79. The first-order valence-electron chi connectivity index (χ1n) is 7.31. The number of piperidine rings is 1. The molecule has 1 aliphatic rings. The molecule has 4 nitrogen and oxygen atoms in total. The van der Waals surface area contributed by atoms with Crippen LogP contribution >= 0.6 is 0 Å². The first-order valence-corrected chi connectivity index (χ1v) is 7.31. The minimum absolute atomic E-state index is 0.575. The van der Waals surface area contributed by atoms with E-state index in [1.54, 1.807) is 0 Å². The van der Waals surface area contributed by atoms with Gasteiger partial charge in [0.15, 0.2) is 0 Å². The molecule has 1 N–H and O–H groups in total. The van der Waals surface area contributed by atoms with Gasteiger partial charge in [-0.3, -0.25) is 4.68 Å². The number of aromatic nitrogens is 2. The van der Waals surface area contributed by atoms with Crippen LogP contribution in [0.5, 0.6) is 0 Å². The summed E-state index contributed by atoms with van der Waals surface area (Å²) < 4.78 is 1.94. The summed E-state index contributed by atoms with van der Waals surface area (Å²) in [5.74, 6) is 0. The molecule has 2 aromatic rings. The van der Waals surface area contributed by atoms with Crippen LogP contribution in [0.3, 0.4) is 0 Å². The van der Waals surface area contributed by atoms with Crippen molar-refractivity contribution in [1.82, 2.24) is 14.7 Å². The molecule has 0 aliphatic carbocycles. The van der Waals surface area contributed by atoms with Gasteiger partial charge in [0.1, 0.15) is 0 Å². The number of hydrogen-bond acceptors (Lipinski definition) is 3. The molecule has 0 saturated carbocycles. The number of rotatable bonds is 4. The molecule has 2 heterocycles. The van der Waals surface area contributed by atoms with E-state index in [1.165, 1.54) is 30.6 Å². The fourth-order valence-corrected chi connectivity index (χ4v) is 2.81. The lowest BCUT2D eigenvalue weighted by Crippen LogP contribution is -2.39. The zero-order valence-electron chi connectivity index (χ0n) is 12.0. The van der Waals surface area contributed by atoms with Crippen LogP contribution < -0.4 is 5.32 Å². The third kappa shape index (κ3) is 3.39. The van der Waals surface area contributed by atoms with Crippen LogP contribution in [-0.4, -0.2) is 40.9 Å². The second-order valence-electron chi connectivity index (χ2n) is 5.65. The van der Waals surface area contributed by atoms with Gasteiger partial charge in [-0.2, -0.15) is 5.10 Å². The maximum Gasteiger partial charge on any atom is 0.0659 e. The number of nitrogens with zero attached hydrogens (tertiary/aromatic N) is 3. The molecule has 3 rings (SSSR count). The van der Waals surface area contributed by atoms with Crippen LogP contribution in [-0.2, 0) is 6.54 Å². The predicted molar refractivity (Wildman–Crippen MR) is 81.9 cm³/mol. The number of anilines is 1. The fraction of sp³-hybridized carbons (Fsp3) is 0.438. The summed E-state index contributed by atoms with van der Waals surface area (Å²) in [5.41, 5.74) is 2.49. The van der Waals surface area contributed by atoms with E-state index in [0.29, 0.717) is 6.04 Å². The highest BCUT2D eigenvalue weighted by molar-refractivity contribution is 5.45. The Bertz CT molecular complexity index is 518. The molecular weight excluding hydrogens is 248 g/mol. The van der Waals surface area contributed by atoms with E-state index in [9.17, 15) is 0 Å². The third-order valence-corrected chi connectivity index (χ3v) is 3.85. The summed E-state index contributed by atoms with van der Waals surface area (Å²) >= 11 is 0. The molecule has 0 amide bonds. The summed E-state index contributed by atoms with van der Waals surface area (Å²) in [7, 11) is 2.20. The van der Waals surface area contributed by atoms with Crippen molar-refractivity contribution in [2.24, 2.45) is 0 Å². The van der Waals surface area contributed by atoms with Gasteiger partial charge >= 0.3 is 0 Å². The maximum atomic E-state index is 4.23. The molecule has 1 saturated heterocycles. The first kappa shape index (κ1) is 13.2. The Kier molecular flexibility index (Phi) is 4.02. The van der Waals surface area contributed by atoms with Gasteiger partial charge in [0.25, 0.3) is 0 Å². The number of likely N-dealkylation sites (tertiary alicyclic amines) is 1. The summed E-state index contributed by atoms with van der Waals surface area (Å²) in [5, 5.41) is 7.86. The summed E-state index contributed by atoms with van der Waals surface area (Å²) in [6, 6.07) is 11.2. The van der Waals surface area contributed by atoms with E-state index >= 15 is 0 Å². The van der Waals surface area contributed by atoms with Crippen molar-refractivity contribution in [3.05, 3.63) is 48.3 Å². The quantitative estimate of drug-likeness (QED) is 0.926. The van der Waals surface area contributed by atoms with Crippen molar-refractivity contribution >= 4 is 5.69 Å². The molecule has 106 valence electrons. The highest BCUT2D eigenvalue weighted by atomic mass is 15.3. The normalized spacial score (nSPS) is 19.9. The smallest absolute Gasteiger partial charge is 0.0659 e. The van der Waals surface area contributed by atoms with Gasteiger partial charge < -0.3 is 10.2 Å². The van der Waals surface area contributed by atoms with Crippen LogP contribution in [0.15, 0.2) is 42.7 Å². The van der Waals surface area contributed by atoms with Gasteiger partial charge in [-0.15, -0.1) is 0 Å². The highest BCUT2D eigenvalue weighted by Crippen LogP contribution is 2.16. The second kappa shape index (κ2) is 6.09. The van der Waals surface area contributed by atoms with Crippen LogP contribution in [0.1, 0.15) is 18.4 Å². The lowest BCUT2D eigenvalue weighted by Gasteiger charge is -2.30. The van der Waals surface area contributed by atoms with Gasteiger partial charge in [-0.1, -0.05) is 12.1 Å². The molecule has 1 aliphatic heterocycles. The maximum absolute atomic E-state index is 4.23. The number of hydrogen-bond donors (Lipinski definition) is 1. The van der Waals surface area contributed by atoms with E-state index in [4.69, 9.17) is 0 Å². The summed E-state index contributed by atoms with van der Waals surface area (Å²) in [6.45, 7) is 3.19. The largest absolute Gasteiger partial charge is 0.381 e. The van der Waals surface area contributed by atoms with Gasteiger partial charge in [0.2, 0.25) is 0 Å². The number of benzene rings is 1. The Morgan fingerprint density at radius 2 is 2.15 bits per heavy atom. The molecular formula is C16H22N4. The third-order valence-electron chi connectivity index (χ3n) is 3.85. The summed E-state index contributed by atoms with van der Waals surface area (Å²) in [6.07, 6.45) is 6.35. The van der Waals surface area contributed by atoms with Crippen molar-refractivity contribution in [2.45, 2.75) is 25.4 Å². The van der Waals surface area contributed by atoms with E-state index in [-0.39, 0.29) is 0 Å².